The Hall–Kier alpha value is -2.34. The third-order valence-corrected chi connectivity index (χ3v) is 7.79. The number of hydrogen-bond acceptors (Lipinski definition) is 4. The minimum atomic E-state index is 0.0289. The summed E-state index contributed by atoms with van der Waals surface area (Å²) in [6, 6.07) is 17.6. The van der Waals surface area contributed by atoms with Crippen molar-refractivity contribution >= 4 is 51.0 Å². The molecule has 0 aliphatic heterocycles. The van der Waals surface area contributed by atoms with Crippen molar-refractivity contribution < 1.29 is 0 Å². The molecule has 0 N–H and O–H groups in total. The minimum absolute atomic E-state index is 0.0289. The van der Waals surface area contributed by atoms with Crippen LogP contribution in [0, 0.1) is 0 Å². The van der Waals surface area contributed by atoms with Crippen LogP contribution in [-0.4, -0.2) is 15.3 Å². The topological polar surface area (TPSA) is 34.9 Å². The van der Waals surface area contributed by atoms with Crippen LogP contribution in [0.15, 0.2) is 70.6 Å². The number of thioether (sulfide) groups is 1. The molecule has 6 heteroatoms. The molecule has 4 aromatic rings. The first-order chi connectivity index (χ1) is 15.2. The number of hydrogen-bond donors (Lipinski definition) is 0. The third-order valence-electron chi connectivity index (χ3n) is 5.46. The van der Waals surface area contributed by atoms with E-state index in [0.717, 1.165) is 51.6 Å². The summed E-state index contributed by atoms with van der Waals surface area (Å²) in [5.41, 5.74) is 3.20. The lowest BCUT2D eigenvalue weighted by Crippen LogP contribution is -2.22. The summed E-state index contributed by atoms with van der Waals surface area (Å²) >= 11 is 9.37. The van der Waals surface area contributed by atoms with Gasteiger partial charge in [-0.2, -0.15) is 0 Å². The van der Waals surface area contributed by atoms with Gasteiger partial charge in [0.1, 0.15) is 4.83 Å². The molecule has 0 unspecified atom stereocenters. The zero-order valence-corrected chi connectivity index (χ0v) is 19.3. The van der Waals surface area contributed by atoms with E-state index in [2.05, 4.69) is 24.3 Å². The molecule has 2 heterocycles. The van der Waals surface area contributed by atoms with E-state index >= 15 is 0 Å². The Morgan fingerprint density at radius 1 is 1.06 bits per heavy atom. The van der Waals surface area contributed by atoms with E-state index in [1.807, 2.05) is 42.5 Å². The van der Waals surface area contributed by atoms with Gasteiger partial charge in [-0.25, -0.2) is 4.98 Å². The zero-order chi connectivity index (χ0) is 21.2. The van der Waals surface area contributed by atoms with Crippen molar-refractivity contribution in [3.63, 3.8) is 0 Å². The van der Waals surface area contributed by atoms with Gasteiger partial charge in [-0.05, 0) is 61.1 Å². The smallest absolute Gasteiger partial charge is 0.267 e. The van der Waals surface area contributed by atoms with E-state index in [-0.39, 0.29) is 5.56 Å². The number of benzene rings is 2. The van der Waals surface area contributed by atoms with Crippen molar-refractivity contribution in [3.8, 4) is 5.69 Å². The van der Waals surface area contributed by atoms with E-state index in [1.165, 1.54) is 16.9 Å². The highest BCUT2D eigenvalue weighted by Crippen LogP contribution is 2.35. The van der Waals surface area contributed by atoms with Crippen LogP contribution in [0.5, 0.6) is 0 Å². The van der Waals surface area contributed by atoms with Crippen molar-refractivity contribution in [1.29, 1.82) is 0 Å². The molecular weight excluding hydrogens is 444 g/mol. The molecule has 0 amide bonds. The predicted octanol–water partition coefficient (Wildman–Crippen LogP) is 6.78. The molecule has 0 saturated heterocycles. The van der Waals surface area contributed by atoms with Gasteiger partial charge in [0.05, 0.1) is 11.1 Å². The van der Waals surface area contributed by atoms with Crippen LogP contribution in [0.1, 0.15) is 28.8 Å². The fraction of sp³-hybridized carbons (Fsp3) is 0.200. The lowest BCUT2D eigenvalue weighted by Gasteiger charge is -2.13. The Morgan fingerprint density at radius 3 is 2.65 bits per heavy atom. The second-order valence-electron chi connectivity index (χ2n) is 7.53. The maximum Gasteiger partial charge on any atom is 0.267 e. The van der Waals surface area contributed by atoms with Gasteiger partial charge in [0.15, 0.2) is 5.16 Å². The SMILES string of the molecule is O=c1c2c3c(sc2nc(SC/C=C/c2ccccc2)n1-c1ccc(Cl)cc1)CCCC3. The van der Waals surface area contributed by atoms with E-state index in [1.54, 1.807) is 27.7 Å². The summed E-state index contributed by atoms with van der Waals surface area (Å²) in [5, 5.41) is 2.17. The van der Waals surface area contributed by atoms with E-state index in [0.29, 0.717) is 5.02 Å². The lowest BCUT2D eigenvalue weighted by molar-refractivity contribution is 0.699. The van der Waals surface area contributed by atoms with Crippen LogP contribution in [0.3, 0.4) is 0 Å². The summed E-state index contributed by atoms with van der Waals surface area (Å²) in [5.74, 6) is 0.728. The van der Waals surface area contributed by atoms with Gasteiger partial charge in [0.2, 0.25) is 0 Å². The van der Waals surface area contributed by atoms with Gasteiger partial charge in [-0.3, -0.25) is 9.36 Å². The highest BCUT2D eigenvalue weighted by molar-refractivity contribution is 7.99. The maximum atomic E-state index is 13.7. The Bertz CT molecular complexity index is 1310. The van der Waals surface area contributed by atoms with Crippen LogP contribution >= 0.6 is 34.7 Å². The lowest BCUT2D eigenvalue weighted by atomic mass is 9.97. The number of halogens is 1. The number of aromatic nitrogens is 2. The average Bonchev–Trinajstić information content (AvgIpc) is 3.17. The third kappa shape index (κ3) is 4.22. The summed E-state index contributed by atoms with van der Waals surface area (Å²) in [6.45, 7) is 0. The first-order valence-electron chi connectivity index (χ1n) is 10.4. The zero-order valence-electron chi connectivity index (χ0n) is 16.9. The molecule has 0 atom stereocenters. The first kappa shape index (κ1) is 20.6. The Labute approximate surface area is 194 Å². The molecule has 5 rings (SSSR count). The highest BCUT2D eigenvalue weighted by Gasteiger charge is 2.22. The Kier molecular flexibility index (Phi) is 5.99. The fourth-order valence-electron chi connectivity index (χ4n) is 3.97. The molecule has 3 nitrogen and oxygen atoms in total. The molecule has 0 spiro atoms. The second kappa shape index (κ2) is 9.03. The molecule has 0 fully saturated rings. The van der Waals surface area contributed by atoms with E-state index in [9.17, 15) is 4.79 Å². The van der Waals surface area contributed by atoms with Gasteiger partial charge in [-0.15, -0.1) is 11.3 Å². The number of nitrogens with zero attached hydrogens (tertiary/aromatic N) is 2. The second-order valence-corrected chi connectivity index (χ2v) is 10.0. The molecule has 1 aliphatic carbocycles. The van der Waals surface area contributed by atoms with Crippen molar-refractivity contribution in [2.75, 3.05) is 5.75 Å². The van der Waals surface area contributed by atoms with Gasteiger partial charge in [-0.1, -0.05) is 65.8 Å². The first-order valence-corrected chi connectivity index (χ1v) is 12.6. The molecule has 31 heavy (non-hydrogen) atoms. The number of rotatable bonds is 5. The molecule has 2 aromatic carbocycles. The summed E-state index contributed by atoms with van der Waals surface area (Å²) in [6.07, 6.45) is 8.57. The van der Waals surface area contributed by atoms with Gasteiger partial charge in [0, 0.05) is 15.7 Å². The fourth-order valence-corrected chi connectivity index (χ4v) is 6.22. The quantitative estimate of drug-likeness (QED) is 0.241. The van der Waals surface area contributed by atoms with Crippen molar-refractivity contribution in [3.05, 3.63) is 92.1 Å². The standard InChI is InChI=1S/C25H21ClN2OS2/c26-18-12-14-19(15-13-18)28-24(29)22-20-10-4-5-11-21(20)31-23(22)27-25(28)30-16-6-9-17-7-2-1-3-8-17/h1-3,6-9,12-15H,4-5,10-11,16H2/b9-6+. The predicted molar refractivity (Wildman–Crippen MR) is 133 cm³/mol. The van der Waals surface area contributed by atoms with Gasteiger partial charge < -0.3 is 0 Å². The Balaban J connectivity index is 1.57. The van der Waals surface area contributed by atoms with Gasteiger partial charge in [0.25, 0.3) is 5.56 Å². The van der Waals surface area contributed by atoms with Crippen molar-refractivity contribution in [2.45, 2.75) is 30.8 Å². The number of thiophene rings is 1. The van der Waals surface area contributed by atoms with Crippen LogP contribution < -0.4 is 5.56 Å². The summed E-state index contributed by atoms with van der Waals surface area (Å²) < 4.78 is 1.75. The Morgan fingerprint density at radius 2 is 1.84 bits per heavy atom. The van der Waals surface area contributed by atoms with Crippen LogP contribution in [-0.2, 0) is 12.8 Å². The molecule has 0 radical (unpaired) electrons. The summed E-state index contributed by atoms with van der Waals surface area (Å²) in [4.78, 5) is 20.9. The molecule has 2 aromatic heterocycles. The summed E-state index contributed by atoms with van der Waals surface area (Å²) in [7, 11) is 0. The molecule has 0 saturated carbocycles. The van der Waals surface area contributed by atoms with Crippen LogP contribution in [0.25, 0.3) is 22.0 Å². The van der Waals surface area contributed by atoms with Gasteiger partial charge >= 0.3 is 0 Å². The van der Waals surface area contributed by atoms with Crippen LogP contribution in [0.4, 0.5) is 0 Å². The van der Waals surface area contributed by atoms with Crippen molar-refractivity contribution in [2.24, 2.45) is 0 Å². The monoisotopic (exact) mass is 464 g/mol. The molecule has 1 aliphatic rings. The molecular formula is C25H21ClN2OS2. The highest BCUT2D eigenvalue weighted by atomic mass is 35.5. The molecule has 156 valence electrons. The normalized spacial score (nSPS) is 13.7. The maximum absolute atomic E-state index is 13.7. The van der Waals surface area contributed by atoms with Crippen LogP contribution in [0.2, 0.25) is 5.02 Å². The average molecular weight is 465 g/mol. The number of aryl methyl sites for hydroxylation is 2. The number of fused-ring (bicyclic) bond motifs is 3. The van der Waals surface area contributed by atoms with Crippen molar-refractivity contribution in [1.82, 2.24) is 9.55 Å². The largest absolute Gasteiger partial charge is 0.268 e. The van der Waals surface area contributed by atoms with E-state index in [4.69, 9.17) is 16.6 Å². The molecule has 0 bridgehead atoms. The van der Waals surface area contributed by atoms with E-state index < -0.39 is 0 Å². The minimum Gasteiger partial charge on any atom is -0.268 e.